The largest absolute Gasteiger partial charge is 0.487 e. The van der Waals surface area contributed by atoms with Gasteiger partial charge < -0.3 is 23.8 Å². The number of rotatable bonds is 7. The Kier molecular flexibility index (Phi) is 8.40. The van der Waals surface area contributed by atoms with Gasteiger partial charge in [-0.3, -0.25) is 0 Å². The van der Waals surface area contributed by atoms with E-state index in [-0.39, 0.29) is 12.7 Å². The molecule has 3 rings (SSSR count). The van der Waals surface area contributed by atoms with Crippen LogP contribution in [0.25, 0.3) is 0 Å². The Morgan fingerprint density at radius 3 is 2.68 bits per heavy atom. The van der Waals surface area contributed by atoms with Gasteiger partial charge in [0.25, 0.3) is 0 Å². The van der Waals surface area contributed by atoms with Crippen molar-refractivity contribution in [1.82, 2.24) is 4.90 Å². The van der Waals surface area contributed by atoms with Gasteiger partial charge in [-0.2, -0.15) is 0 Å². The van der Waals surface area contributed by atoms with E-state index < -0.39 is 24.5 Å². The maximum Gasteiger partial charge on any atom is 0.410 e. The Balaban J connectivity index is 1.82. The first-order valence-corrected chi connectivity index (χ1v) is 12.0. The van der Waals surface area contributed by atoms with Crippen molar-refractivity contribution < 1.29 is 28.1 Å². The Labute approximate surface area is 199 Å². The van der Waals surface area contributed by atoms with Crippen LogP contribution in [0, 0.1) is 2.88 Å². The highest BCUT2D eigenvalue weighted by atomic mass is 127. The Morgan fingerprint density at radius 2 is 2.03 bits per heavy atom. The molecular weight excluding hydrogens is 536 g/mol. The Hall–Kier alpha value is -1.59. The van der Waals surface area contributed by atoms with Gasteiger partial charge in [-0.05, 0) is 67.6 Å². The molecule has 6 nitrogen and oxygen atoms in total. The fourth-order valence-electron chi connectivity index (χ4n) is 3.10. The fraction of sp³-hybridized carbons (Fsp3) is 0.500. The summed E-state index contributed by atoms with van der Waals surface area (Å²) in [6.45, 7) is 6.07. The van der Waals surface area contributed by atoms with E-state index in [1.165, 1.54) is 0 Å². The highest BCUT2D eigenvalue weighted by Gasteiger charge is 2.35. The maximum absolute atomic E-state index is 12.6. The minimum Gasteiger partial charge on any atom is -0.487 e. The summed E-state index contributed by atoms with van der Waals surface area (Å²) in [5.41, 5.74) is -0.572. The first-order valence-electron chi connectivity index (χ1n) is 10.1. The maximum atomic E-state index is 12.6. The summed E-state index contributed by atoms with van der Waals surface area (Å²) in [4.78, 5) is 15.2. The van der Waals surface area contributed by atoms with E-state index in [2.05, 4.69) is 22.6 Å². The predicted molar refractivity (Wildman–Crippen MR) is 126 cm³/mol. The van der Waals surface area contributed by atoms with Gasteiger partial charge in [0.2, 0.25) is 0 Å². The number of para-hydroxylation sites is 2. The standard InChI is InChI=1S/C22H27FINO5S/c1-22(2,3)30-21(26)25-11-13-28-17(14-25)20(18-8-9-19(24)31-18)29-16-7-5-4-6-15(16)27-12-10-23/h4-9,17,20H,10-14H2,1-3H3/t17-,20+/m0/s1. The van der Waals surface area contributed by atoms with Crippen LogP contribution >= 0.6 is 33.9 Å². The number of ether oxygens (including phenoxy) is 4. The molecule has 0 spiro atoms. The molecular formula is C22H27FINO5S. The molecule has 1 aromatic carbocycles. The monoisotopic (exact) mass is 563 g/mol. The number of hydrogen-bond donors (Lipinski definition) is 0. The van der Waals surface area contributed by atoms with Gasteiger partial charge in [0.15, 0.2) is 17.6 Å². The smallest absolute Gasteiger partial charge is 0.410 e. The highest BCUT2D eigenvalue weighted by molar-refractivity contribution is 14.1. The normalized spacial score (nSPS) is 17.8. The molecule has 1 amide bonds. The van der Waals surface area contributed by atoms with Crippen molar-refractivity contribution in [3.8, 4) is 11.5 Å². The molecule has 0 saturated carbocycles. The lowest BCUT2D eigenvalue weighted by molar-refractivity contribution is -0.0832. The highest BCUT2D eigenvalue weighted by Crippen LogP contribution is 2.37. The van der Waals surface area contributed by atoms with Crippen LogP contribution < -0.4 is 9.47 Å². The van der Waals surface area contributed by atoms with Crippen molar-refractivity contribution in [1.29, 1.82) is 0 Å². The molecule has 1 aliphatic rings. The number of morpholine rings is 1. The zero-order valence-corrected chi connectivity index (χ0v) is 20.8. The Morgan fingerprint density at radius 1 is 1.29 bits per heavy atom. The summed E-state index contributed by atoms with van der Waals surface area (Å²) >= 11 is 3.86. The summed E-state index contributed by atoms with van der Waals surface area (Å²) in [5.74, 6) is 0.971. The SMILES string of the molecule is CC(C)(C)OC(=O)N1CCO[C@H]([C@@H](Oc2ccccc2OCCF)c2ccc(I)s2)C1. The van der Waals surface area contributed by atoms with Crippen molar-refractivity contribution >= 4 is 40.0 Å². The second kappa shape index (κ2) is 10.8. The third-order valence-corrected chi connectivity index (χ3v) is 6.35. The minimum absolute atomic E-state index is 0.0473. The van der Waals surface area contributed by atoms with Gasteiger partial charge in [-0.25, -0.2) is 9.18 Å². The number of halogens is 2. The molecule has 0 N–H and O–H groups in total. The number of alkyl halides is 1. The predicted octanol–water partition coefficient (Wildman–Crippen LogP) is 5.46. The lowest BCUT2D eigenvalue weighted by Crippen LogP contribution is -2.49. The van der Waals surface area contributed by atoms with Gasteiger partial charge in [0.1, 0.15) is 25.0 Å². The molecule has 1 aliphatic heterocycles. The van der Waals surface area contributed by atoms with Crippen LogP contribution in [-0.4, -0.2) is 55.7 Å². The average Bonchev–Trinajstić information content (AvgIpc) is 3.16. The van der Waals surface area contributed by atoms with Gasteiger partial charge in [-0.15, -0.1) is 11.3 Å². The van der Waals surface area contributed by atoms with Crippen molar-refractivity contribution in [2.75, 3.05) is 33.0 Å². The number of amides is 1. The van der Waals surface area contributed by atoms with Crippen LogP contribution in [0.2, 0.25) is 0 Å². The topological polar surface area (TPSA) is 57.2 Å². The second-order valence-electron chi connectivity index (χ2n) is 8.00. The van der Waals surface area contributed by atoms with Gasteiger partial charge >= 0.3 is 6.09 Å². The van der Waals surface area contributed by atoms with E-state index in [4.69, 9.17) is 18.9 Å². The second-order valence-corrected chi connectivity index (χ2v) is 11.0. The number of carbonyl (C=O) groups is 1. The van der Waals surface area contributed by atoms with Crippen molar-refractivity contribution in [2.45, 2.75) is 38.6 Å². The third kappa shape index (κ3) is 6.95. The molecule has 9 heteroatoms. The van der Waals surface area contributed by atoms with Crippen LogP contribution in [-0.2, 0) is 9.47 Å². The third-order valence-electron chi connectivity index (χ3n) is 4.40. The Bertz CT molecular complexity index is 872. The van der Waals surface area contributed by atoms with E-state index in [0.717, 1.165) is 7.76 Å². The van der Waals surface area contributed by atoms with Crippen LogP contribution in [0.4, 0.5) is 9.18 Å². The van der Waals surface area contributed by atoms with E-state index in [1.54, 1.807) is 28.4 Å². The number of benzene rings is 1. The van der Waals surface area contributed by atoms with Gasteiger partial charge in [0, 0.05) is 11.4 Å². The summed E-state index contributed by atoms with van der Waals surface area (Å²) in [7, 11) is 0. The molecule has 1 saturated heterocycles. The van der Waals surface area contributed by atoms with Gasteiger partial charge in [-0.1, -0.05) is 12.1 Å². The fourth-order valence-corrected chi connectivity index (χ4v) is 4.86. The van der Waals surface area contributed by atoms with Crippen LogP contribution in [0.3, 0.4) is 0 Å². The first-order chi connectivity index (χ1) is 14.8. The molecule has 2 atom stereocenters. The molecule has 1 aromatic heterocycles. The molecule has 1 fully saturated rings. The van der Waals surface area contributed by atoms with Gasteiger partial charge in [0.05, 0.1) is 16.0 Å². The van der Waals surface area contributed by atoms with Crippen molar-refractivity contribution in [3.05, 3.63) is 44.2 Å². The summed E-state index contributed by atoms with van der Waals surface area (Å²) in [6, 6.07) is 11.2. The van der Waals surface area contributed by atoms with Crippen LogP contribution in [0.5, 0.6) is 11.5 Å². The van der Waals surface area contributed by atoms with E-state index in [0.29, 0.717) is 31.2 Å². The zero-order valence-electron chi connectivity index (χ0n) is 17.8. The lowest BCUT2D eigenvalue weighted by Gasteiger charge is -2.37. The molecule has 0 bridgehead atoms. The van der Waals surface area contributed by atoms with Crippen LogP contribution in [0.1, 0.15) is 31.8 Å². The number of hydrogen-bond acceptors (Lipinski definition) is 6. The van der Waals surface area contributed by atoms with E-state index in [9.17, 15) is 9.18 Å². The van der Waals surface area contributed by atoms with Crippen LogP contribution in [0.15, 0.2) is 36.4 Å². The van der Waals surface area contributed by atoms with Crippen molar-refractivity contribution in [2.24, 2.45) is 0 Å². The summed E-state index contributed by atoms with van der Waals surface area (Å²) in [6.07, 6.45) is -1.23. The lowest BCUT2D eigenvalue weighted by atomic mass is 10.1. The summed E-state index contributed by atoms with van der Waals surface area (Å²) < 4.78 is 37.2. The summed E-state index contributed by atoms with van der Waals surface area (Å²) in [5, 5.41) is 0. The zero-order chi connectivity index (χ0) is 22.4. The molecule has 0 radical (unpaired) electrons. The number of carbonyl (C=O) groups excluding carboxylic acids is 1. The number of thiophene rings is 1. The molecule has 2 heterocycles. The van der Waals surface area contributed by atoms with E-state index in [1.807, 2.05) is 45.0 Å². The molecule has 0 unspecified atom stereocenters. The molecule has 170 valence electrons. The number of nitrogens with zero attached hydrogens (tertiary/aromatic N) is 1. The minimum atomic E-state index is -0.586. The first kappa shape index (κ1) is 24.1. The molecule has 2 aromatic rings. The average molecular weight is 563 g/mol. The molecule has 31 heavy (non-hydrogen) atoms. The molecule has 0 aliphatic carbocycles. The quantitative estimate of drug-likeness (QED) is 0.419. The van der Waals surface area contributed by atoms with E-state index >= 15 is 0 Å². The van der Waals surface area contributed by atoms with Crippen molar-refractivity contribution in [3.63, 3.8) is 0 Å².